The number of pyridine rings is 1. The van der Waals surface area contributed by atoms with Gasteiger partial charge in [0.05, 0.1) is 13.2 Å². The predicted molar refractivity (Wildman–Crippen MR) is 123 cm³/mol. The van der Waals surface area contributed by atoms with Gasteiger partial charge < -0.3 is 25.4 Å². The van der Waals surface area contributed by atoms with Crippen LogP contribution < -0.4 is 20.7 Å². The van der Waals surface area contributed by atoms with Crippen molar-refractivity contribution in [3.05, 3.63) is 23.9 Å². The Morgan fingerprint density at radius 1 is 1.13 bits per heavy atom. The standard InChI is InChI=1S/C23H39N5O3/c1-6-14-30-20-13-8-17(15-25-20)16-26-21(24-7-2)27-18-9-11-19(12-10-18)28-22(29)31-23(3,4)5/h8,13,15,18-19H,6-7,9-12,14,16H2,1-5H3,(H,28,29)(H2,24,26,27). The molecule has 1 aliphatic rings. The number of carbonyl (C=O) groups excluding carboxylic acids is 1. The first kappa shape index (κ1) is 24.8. The smallest absolute Gasteiger partial charge is 0.407 e. The van der Waals surface area contributed by atoms with Gasteiger partial charge >= 0.3 is 6.09 Å². The fraction of sp³-hybridized carbons (Fsp3) is 0.696. The molecule has 0 saturated heterocycles. The molecule has 0 spiro atoms. The molecule has 1 fully saturated rings. The number of amides is 1. The number of rotatable bonds is 8. The summed E-state index contributed by atoms with van der Waals surface area (Å²) in [6.45, 7) is 11.8. The molecule has 0 atom stereocenters. The summed E-state index contributed by atoms with van der Waals surface area (Å²) >= 11 is 0. The Hall–Kier alpha value is -2.51. The molecule has 8 heteroatoms. The Morgan fingerprint density at radius 2 is 1.81 bits per heavy atom. The lowest BCUT2D eigenvalue weighted by atomic mass is 9.91. The molecule has 0 aromatic carbocycles. The summed E-state index contributed by atoms with van der Waals surface area (Å²) in [5.74, 6) is 1.45. The highest BCUT2D eigenvalue weighted by atomic mass is 16.6. The Bertz CT molecular complexity index is 692. The summed E-state index contributed by atoms with van der Waals surface area (Å²) in [5, 5.41) is 9.83. The van der Waals surface area contributed by atoms with Crippen LogP contribution >= 0.6 is 0 Å². The summed E-state index contributed by atoms with van der Waals surface area (Å²) in [6, 6.07) is 4.38. The SMILES string of the molecule is CCCOc1ccc(CN=C(NCC)NC2CCC(NC(=O)OC(C)(C)C)CC2)cn1. The number of alkyl carbamates (subject to hydrolysis) is 1. The molecule has 0 aliphatic heterocycles. The van der Waals surface area contributed by atoms with Crippen LogP contribution in [0.25, 0.3) is 0 Å². The third-order valence-corrected chi connectivity index (χ3v) is 4.80. The van der Waals surface area contributed by atoms with Gasteiger partial charge in [-0.2, -0.15) is 0 Å². The number of ether oxygens (including phenoxy) is 2. The number of hydrogen-bond acceptors (Lipinski definition) is 5. The van der Waals surface area contributed by atoms with Gasteiger partial charge in [-0.1, -0.05) is 13.0 Å². The van der Waals surface area contributed by atoms with Crippen molar-refractivity contribution in [3.63, 3.8) is 0 Å². The van der Waals surface area contributed by atoms with Crippen LogP contribution in [0, 0.1) is 0 Å². The molecule has 0 bridgehead atoms. The van der Waals surface area contributed by atoms with E-state index in [1.807, 2.05) is 39.1 Å². The number of aliphatic imine (C=N–C) groups is 1. The van der Waals surface area contributed by atoms with E-state index in [-0.39, 0.29) is 12.1 Å². The highest BCUT2D eigenvalue weighted by Crippen LogP contribution is 2.19. The molecule has 31 heavy (non-hydrogen) atoms. The van der Waals surface area contributed by atoms with Crippen molar-refractivity contribution in [2.24, 2.45) is 4.99 Å². The molecular weight excluding hydrogens is 394 g/mol. The van der Waals surface area contributed by atoms with Crippen LogP contribution in [-0.2, 0) is 11.3 Å². The quantitative estimate of drug-likeness (QED) is 0.427. The molecular formula is C23H39N5O3. The van der Waals surface area contributed by atoms with Crippen molar-refractivity contribution in [1.29, 1.82) is 0 Å². The van der Waals surface area contributed by atoms with Gasteiger partial charge in [0, 0.05) is 30.9 Å². The Labute approximate surface area is 186 Å². The zero-order valence-corrected chi connectivity index (χ0v) is 19.7. The fourth-order valence-electron chi connectivity index (χ4n) is 3.34. The summed E-state index contributed by atoms with van der Waals surface area (Å²) in [7, 11) is 0. The zero-order chi connectivity index (χ0) is 22.7. The van der Waals surface area contributed by atoms with Crippen molar-refractivity contribution < 1.29 is 14.3 Å². The summed E-state index contributed by atoms with van der Waals surface area (Å²) in [5.41, 5.74) is 0.560. The average Bonchev–Trinajstić information content (AvgIpc) is 2.71. The molecule has 1 aromatic rings. The first-order valence-electron chi connectivity index (χ1n) is 11.4. The molecule has 8 nitrogen and oxygen atoms in total. The molecule has 1 aromatic heterocycles. The maximum absolute atomic E-state index is 12.0. The lowest BCUT2D eigenvalue weighted by Gasteiger charge is -2.31. The molecule has 1 saturated carbocycles. The van der Waals surface area contributed by atoms with Crippen LogP contribution in [0.3, 0.4) is 0 Å². The van der Waals surface area contributed by atoms with E-state index >= 15 is 0 Å². The predicted octanol–water partition coefficient (Wildman–Crippen LogP) is 3.76. The lowest BCUT2D eigenvalue weighted by Crippen LogP contribution is -2.48. The third kappa shape index (κ3) is 9.89. The van der Waals surface area contributed by atoms with Gasteiger partial charge in [0.1, 0.15) is 5.60 Å². The minimum absolute atomic E-state index is 0.159. The molecule has 1 amide bonds. The largest absolute Gasteiger partial charge is 0.478 e. The van der Waals surface area contributed by atoms with Gasteiger partial charge in [-0.3, -0.25) is 0 Å². The van der Waals surface area contributed by atoms with Crippen molar-refractivity contribution in [1.82, 2.24) is 20.9 Å². The number of nitrogens with zero attached hydrogens (tertiary/aromatic N) is 2. The Kier molecular flexibility index (Phi) is 9.88. The van der Waals surface area contributed by atoms with E-state index < -0.39 is 5.60 Å². The molecule has 0 unspecified atom stereocenters. The van der Waals surface area contributed by atoms with Crippen molar-refractivity contribution in [3.8, 4) is 5.88 Å². The first-order valence-corrected chi connectivity index (χ1v) is 11.4. The number of nitrogens with one attached hydrogen (secondary N) is 3. The highest BCUT2D eigenvalue weighted by molar-refractivity contribution is 5.80. The average molecular weight is 434 g/mol. The van der Waals surface area contributed by atoms with Crippen molar-refractivity contribution in [2.75, 3.05) is 13.2 Å². The highest BCUT2D eigenvalue weighted by Gasteiger charge is 2.25. The lowest BCUT2D eigenvalue weighted by molar-refractivity contribution is 0.0490. The summed E-state index contributed by atoms with van der Waals surface area (Å²) in [4.78, 5) is 21.0. The van der Waals surface area contributed by atoms with E-state index in [9.17, 15) is 4.79 Å². The van der Waals surface area contributed by atoms with Gasteiger partial charge in [0.25, 0.3) is 0 Å². The molecule has 174 valence electrons. The maximum Gasteiger partial charge on any atom is 0.407 e. The number of hydrogen-bond donors (Lipinski definition) is 3. The second-order valence-electron chi connectivity index (χ2n) is 8.89. The third-order valence-electron chi connectivity index (χ3n) is 4.80. The van der Waals surface area contributed by atoms with E-state index in [1.54, 1.807) is 0 Å². The van der Waals surface area contributed by atoms with Crippen molar-refractivity contribution in [2.45, 2.75) is 91.0 Å². The Balaban J connectivity index is 1.80. The second kappa shape index (κ2) is 12.4. The van der Waals surface area contributed by atoms with Gasteiger partial charge in [0.15, 0.2) is 5.96 Å². The summed E-state index contributed by atoms with van der Waals surface area (Å²) < 4.78 is 10.9. The molecule has 1 heterocycles. The van der Waals surface area contributed by atoms with Crippen LogP contribution in [0.5, 0.6) is 5.88 Å². The molecule has 1 aliphatic carbocycles. The van der Waals surface area contributed by atoms with Crippen LogP contribution in [0.15, 0.2) is 23.3 Å². The fourth-order valence-corrected chi connectivity index (χ4v) is 3.34. The van der Waals surface area contributed by atoms with E-state index in [1.165, 1.54) is 0 Å². The van der Waals surface area contributed by atoms with Crippen molar-refractivity contribution >= 4 is 12.1 Å². The van der Waals surface area contributed by atoms with Gasteiger partial charge in [0.2, 0.25) is 5.88 Å². The van der Waals surface area contributed by atoms with Crippen LogP contribution in [0.1, 0.15) is 72.3 Å². The minimum atomic E-state index is -0.474. The van der Waals surface area contributed by atoms with Gasteiger partial charge in [-0.05, 0) is 65.4 Å². The Morgan fingerprint density at radius 3 is 2.35 bits per heavy atom. The van der Waals surface area contributed by atoms with E-state index in [2.05, 4.69) is 34.8 Å². The topological polar surface area (TPSA) is 96.9 Å². The number of aromatic nitrogens is 1. The maximum atomic E-state index is 12.0. The van der Waals surface area contributed by atoms with Crippen LogP contribution in [-0.4, -0.2) is 47.9 Å². The van der Waals surface area contributed by atoms with Crippen LogP contribution in [0.2, 0.25) is 0 Å². The van der Waals surface area contributed by atoms with Gasteiger partial charge in [-0.15, -0.1) is 0 Å². The number of guanidine groups is 1. The second-order valence-corrected chi connectivity index (χ2v) is 8.89. The molecule has 3 N–H and O–H groups in total. The number of carbonyl (C=O) groups is 1. The monoisotopic (exact) mass is 433 g/mol. The van der Waals surface area contributed by atoms with E-state index in [0.29, 0.717) is 25.1 Å². The zero-order valence-electron chi connectivity index (χ0n) is 19.7. The molecule has 0 radical (unpaired) electrons. The van der Waals surface area contributed by atoms with E-state index in [4.69, 9.17) is 14.5 Å². The van der Waals surface area contributed by atoms with Gasteiger partial charge in [-0.25, -0.2) is 14.8 Å². The molecule has 2 rings (SSSR count). The first-order chi connectivity index (χ1) is 14.8. The summed E-state index contributed by atoms with van der Waals surface area (Å²) in [6.07, 6.45) is 6.21. The minimum Gasteiger partial charge on any atom is -0.478 e. The normalized spacial score (nSPS) is 19.5. The van der Waals surface area contributed by atoms with Crippen LogP contribution in [0.4, 0.5) is 4.79 Å². The van der Waals surface area contributed by atoms with E-state index in [0.717, 1.165) is 50.2 Å².